The van der Waals surface area contributed by atoms with Crippen LogP contribution in [0.25, 0.3) is 11.0 Å². The number of pyridine rings is 1. The third-order valence-electron chi connectivity index (χ3n) is 7.16. The predicted octanol–water partition coefficient (Wildman–Crippen LogP) is 3.77. The van der Waals surface area contributed by atoms with E-state index in [4.69, 9.17) is 4.98 Å². The molecule has 1 amide bonds. The van der Waals surface area contributed by atoms with Gasteiger partial charge in [0.15, 0.2) is 5.65 Å². The molecular weight excluding hydrogens is 336 g/mol. The molecule has 5 nitrogen and oxygen atoms in total. The smallest absolute Gasteiger partial charge is 0.220 e. The van der Waals surface area contributed by atoms with Gasteiger partial charge < -0.3 is 5.32 Å². The maximum absolute atomic E-state index is 12.6. The molecule has 2 aromatic rings. The van der Waals surface area contributed by atoms with Crippen LogP contribution in [0, 0.1) is 38.5 Å². The average Bonchev–Trinajstić information content (AvgIpc) is 3.30. The topological polar surface area (TPSA) is 59.8 Å². The molecule has 27 heavy (non-hydrogen) atoms. The highest BCUT2D eigenvalue weighted by Gasteiger charge is 2.42. The van der Waals surface area contributed by atoms with Crippen LogP contribution in [0.5, 0.6) is 0 Å². The number of fused-ring (bicyclic) bond motifs is 3. The van der Waals surface area contributed by atoms with Gasteiger partial charge in [-0.2, -0.15) is 5.10 Å². The highest BCUT2D eigenvalue weighted by atomic mass is 16.1. The molecule has 0 spiro atoms. The first-order valence-corrected chi connectivity index (χ1v) is 10.4. The minimum absolute atomic E-state index is 0.173. The molecule has 2 aliphatic rings. The molecule has 0 aromatic carbocycles. The van der Waals surface area contributed by atoms with Crippen molar-refractivity contribution < 1.29 is 4.79 Å². The van der Waals surface area contributed by atoms with E-state index in [2.05, 4.69) is 24.3 Å². The molecule has 5 heteroatoms. The molecule has 4 atom stereocenters. The minimum Gasteiger partial charge on any atom is -0.353 e. The number of hydrogen-bond donors (Lipinski definition) is 1. The molecule has 0 aliphatic heterocycles. The van der Waals surface area contributed by atoms with Crippen LogP contribution in [-0.4, -0.2) is 26.7 Å². The van der Waals surface area contributed by atoms with Crippen LogP contribution in [0.1, 0.15) is 61.5 Å². The van der Waals surface area contributed by atoms with E-state index in [-0.39, 0.29) is 5.91 Å². The first kappa shape index (κ1) is 18.5. The van der Waals surface area contributed by atoms with Gasteiger partial charge in [0.05, 0.1) is 5.69 Å². The highest BCUT2D eigenvalue weighted by molar-refractivity contribution is 5.84. The number of aryl methyl sites for hydroxylation is 4. The van der Waals surface area contributed by atoms with E-state index in [1.54, 1.807) is 0 Å². The second kappa shape index (κ2) is 6.92. The van der Waals surface area contributed by atoms with E-state index in [0.29, 0.717) is 18.4 Å². The highest BCUT2D eigenvalue weighted by Crippen LogP contribution is 2.49. The van der Waals surface area contributed by atoms with Crippen molar-refractivity contribution in [3.8, 4) is 0 Å². The number of carbonyl (C=O) groups excluding carboxylic acids is 1. The second-order valence-electron chi connectivity index (χ2n) is 8.90. The second-order valence-corrected chi connectivity index (χ2v) is 8.90. The van der Waals surface area contributed by atoms with Gasteiger partial charge in [-0.15, -0.1) is 0 Å². The van der Waals surface area contributed by atoms with Gasteiger partial charge in [-0.3, -0.25) is 9.48 Å². The minimum atomic E-state index is 0.173. The summed E-state index contributed by atoms with van der Waals surface area (Å²) < 4.78 is 1.85. The molecule has 1 N–H and O–H groups in total. The lowest BCUT2D eigenvalue weighted by Crippen LogP contribution is -2.40. The number of aromatic nitrogens is 3. The lowest BCUT2D eigenvalue weighted by Gasteiger charge is -2.28. The molecule has 4 rings (SSSR count). The van der Waals surface area contributed by atoms with Crippen molar-refractivity contribution in [2.45, 2.75) is 72.3 Å². The van der Waals surface area contributed by atoms with E-state index >= 15 is 0 Å². The summed E-state index contributed by atoms with van der Waals surface area (Å²) in [6.45, 7) is 8.41. The standard InChI is InChI=1S/C22H32N4O/c1-12-18(13(2)24-22-21(12)15(4)25-26(22)5)8-9-20(27)23-14(3)19-11-16-6-7-17(19)10-16/h14,16-17,19H,6-11H2,1-5H3,(H,23,27). The van der Waals surface area contributed by atoms with Crippen LogP contribution >= 0.6 is 0 Å². The van der Waals surface area contributed by atoms with E-state index in [0.717, 1.165) is 40.7 Å². The Bertz CT molecular complexity index is 884. The molecule has 2 fully saturated rings. The van der Waals surface area contributed by atoms with Crippen LogP contribution < -0.4 is 5.32 Å². The maximum Gasteiger partial charge on any atom is 0.220 e. The Morgan fingerprint density at radius 2 is 2.00 bits per heavy atom. The third kappa shape index (κ3) is 3.26. The zero-order chi connectivity index (χ0) is 19.3. The Balaban J connectivity index is 1.42. The first-order valence-electron chi connectivity index (χ1n) is 10.4. The zero-order valence-corrected chi connectivity index (χ0v) is 17.3. The summed E-state index contributed by atoms with van der Waals surface area (Å²) in [5, 5.41) is 8.93. The summed E-state index contributed by atoms with van der Waals surface area (Å²) in [5.74, 6) is 2.62. The fourth-order valence-corrected chi connectivity index (χ4v) is 5.81. The van der Waals surface area contributed by atoms with Crippen LogP contribution in [-0.2, 0) is 18.3 Å². The van der Waals surface area contributed by atoms with Gasteiger partial charge in [0.2, 0.25) is 5.91 Å². The van der Waals surface area contributed by atoms with Gasteiger partial charge in [0.25, 0.3) is 0 Å². The summed E-state index contributed by atoms with van der Waals surface area (Å²) in [6, 6.07) is 0.302. The van der Waals surface area contributed by atoms with Crippen LogP contribution in [0.3, 0.4) is 0 Å². The number of rotatable bonds is 5. The van der Waals surface area contributed by atoms with E-state index in [9.17, 15) is 4.79 Å². The molecular formula is C22H32N4O. The molecule has 0 radical (unpaired) electrons. The number of hydrogen-bond acceptors (Lipinski definition) is 3. The van der Waals surface area contributed by atoms with Crippen molar-refractivity contribution in [2.75, 3.05) is 0 Å². The first-order chi connectivity index (χ1) is 12.8. The molecule has 2 aliphatic carbocycles. The Morgan fingerprint density at radius 3 is 2.67 bits per heavy atom. The van der Waals surface area contributed by atoms with Crippen molar-refractivity contribution in [3.05, 3.63) is 22.5 Å². The number of amides is 1. The van der Waals surface area contributed by atoms with Gasteiger partial charge >= 0.3 is 0 Å². The average molecular weight is 369 g/mol. The maximum atomic E-state index is 12.6. The van der Waals surface area contributed by atoms with E-state index in [1.807, 2.05) is 25.6 Å². The molecule has 2 bridgehead atoms. The summed E-state index contributed by atoms with van der Waals surface area (Å²) in [7, 11) is 1.94. The monoisotopic (exact) mass is 368 g/mol. The SMILES string of the molecule is Cc1nc2c(c(C)nn2C)c(C)c1CCC(=O)NC(C)C1CC2CCC1C2. The summed E-state index contributed by atoms with van der Waals surface area (Å²) >= 11 is 0. The fourth-order valence-electron chi connectivity index (χ4n) is 5.81. The summed E-state index contributed by atoms with van der Waals surface area (Å²) in [4.78, 5) is 17.4. The zero-order valence-electron chi connectivity index (χ0n) is 17.3. The number of carbonyl (C=O) groups is 1. The van der Waals surface area contributed by atoms with Crippen molar-refractivity contribution in [1.29, 1.82) is 0 Å². The van der Waals surface area contributed by atoms with Crippen LogP contribution in [0.2, 0.25) is 0 Å². The van der Waals surface area contributed by atoms with Crippen molar-refractivity contribution in [3.63, 3.8) is 0 Å². The lowest BCUT2D eigenvalue weighted by molar-refractivity contribution is -0.122. The summed E-state index contributed by atoms with van der Waals surface area (Å²) in [5.41, 5.74) is 5.36. The van der Waals surface area contributed by atoms with Crippen LogP contribution in [0.4, 0.5) is 0 Å². The number of nitrogens with one attached hydrogen (secondary N) is 1. The molecule has 146 valence electrons. The lowest BCUT2D eigenvalue weighted by atomic mass is 9.84. The molecule has 2 saturated carbocycles. The third-order valence-corrected chi connectivity index (χ3v) is 7.16. The van der Waals surface area contributed by atoms with E-state index < -0.39 is 0 Å². The Morgan fingerprint density at radius 1 is 1.22 bits per heavy atom. The Hall–Kier alpha value is -1.91. The van der Waals surface area contributed by atoms with Crippen molar-refractivity contribution in [1.82, 2.24) is 20.1 Å². The van der Waals surface area contributed by atoms with Crippen molar-refractivity contribution in [2.24, 2.45) is 24.8 Å². The van der Waals surface area contributed by atoms with Gasteiger partial charge in [-0.25, -0.2) is 4.98 Å². The van der Waals surface area contributed by atoms with Gasteiger partial charge in [0.1, 0.15) is 0 Å². The summed E-state index contributed by atoms with van der Waals surface area (Å²) in [6.07, 6.45) is 6.74. The van der Waals surface area contributed by atoms with Gasteiger partial charge in [-0.05, 0) is 82.3 Å². The van der Waals surface area contributed by atoms with Crippen molar-refractivity contribution >= 4 is 16.9 Å². The van der Waals surface area contributed by atoms with Gasteiger partial charge in [-0.1, -0.05) is 6.42 Å². The Kier molecular flexibility index (Phi) is 4.73. The fraction of sp³-hybridized carbons (Fsp3) is 0.682. The Labute approximate surface area is 161 Å². The molecule has 2 aromatic heterocycles. The largest absolute Gasteiger partial charge is 0.353 e. The molecule has 4 unspecified atom stereocenters. The normalized spacial score (nSPS) is 25.3. The van der Waals surface area contributed by atoms with Crippen LogP contribution in [0.15, 0.2) is 0 Å². The number of nitrogens with zero attached hydrogens (tertiary/aromatic N) is 3. The van der Waals surface area contributed by atoms with E-state index in [1.165, 1.54) is 36.8 Å². The predicted molar refractivity (Wildman–Crippen MR) is 108 cm³/mol. The quantitative estimate of drug-likeness (QED) is 0.874. The molecule has 2 heterocycles. The molecule has 0 saturated heterocycles. The van der Waals surface area contributed by atoms with Gasteiger partial charge in [0, 0.05) is 30.6 Å².